The zero-order valence-electron chi connectivity index (χ0n) is 8.89. The smallest absolute Gasteiger partial charge is 0.130 e. The molecule has 2 N–H and O–H groups in total. The van der Waals surface area contributed by atoms with E-state index in [0.717, 1.165) is 11.1 Å². The summed E-state index contributed by atoms with van der Waals surface area (Å²) in [7, 11) is 0. The average Bonchev–Trinajstić information content (AvgIpc) is 2.02. The normalized spacial score (nSPS) is 11.4. The van der Waals surface area contributed by atoms with Gasteiger partial charge in [0, 0.05) is 11.3 Å². The van der Waals surface area contributed by atoms with E-state index in [1.165, 1.54) is 13.8 Å². The van der Waals surface area contributed by atoms with Crippen molar-refractivity contribution in [3.05, 3.63) is 41.5 Å². The third-order valence-electron chi connectivity index (χ3n) is 2.27. The van der Waals surface area contributed by atoms with Gasteiger partial charge in [-0.05, 0) is 38.0 Å². The predicted molar refractivity (Wildman–Crippen MR) is 58.5 cm³/mol. The molecule has 0 fully saturated rings. The molecule has 0 unspecified atom stereocenters. The first kappa shape index (κ1) is 10.8. The van der Waals surface area contributed by atoms with E-state index in [2.05, 4.69) is 6.58 Å². The molecule has 14 heavy (non-hydrogen) atoms. The van der Waals surface area contributed by atoms with Crippen LogP contribution in [-0.4, -0.2) is 0 Å². The van der Waals surface area contributed by atoms with Crippen molar-refractivity contribution in [2.24, 2.45) is 5.73 Å². The van der Waals surface area contributed by atoms with Crippen molar-refractivity contribution in [3.8, 4) is 0 Å². The average molecular weight is 193 g/mol. The molecule has 0 heterocycles. The van der Waals surface area contributed by atoms with Gasteiger partial charge in [0.05, 0.1) is 0 Å². The monoisotopic (exact) mass is 193 g/mol. The lowest BCUT2D eigenvalue weighted by Crippen LogP contribution is -2.10. The maximum atomic E-state index is 13.6. The second-order valence-corrected chi connectivity index (χ2v) is 4.03. The third-order valence-corrected chi connectivity index (χ3v) is 2.27. The van der Waals surface area contributed by atoms with Crippen molar-refractivity contribution in [2.75, 3.05) is 0 Å². The van der Waals surface area contributed by atoms with E-state index in [-0.39, 0.29) is 0 Å². The minimum atomic E-state index is -1.34. The predicted octanol–water partition coefficient (Wildman–Crippen LogP) is 3.13. The molecule has 0 bridgehead atoms. The molecule has 0 aliphatic heterocycles. The van der Waals surface area contributed by atoms with Crippen LogP contribution in [0.2, 0.25) is 0 Å². The van der Waals surface area contributed by atoms with Crippen LogP contribution in [0.1, 0.15) is 30.5 Å². The topological polar surface area (TPSA) is 26.0 Å². The Morgan fingerprint density at radius 3 is 2.43 bits per heavy atom. The number of halogens is 1. The summed E-state index contributed by atoms with van der Waals surface area (Å²) in [6.07, 6.45) is 0. The SMILES string of the molecule is C=C(N)c1cc(C(C)(C)F)ccc1C. The second kappa shape index (κ2) is 3.45. The molecule has 1 aromatic rings. The molecule has 0 aliphatic carbocycles. The summed E-state index contributed by atoms with van der Waals surface area (Å²) in [5, 5.41) is 0. The lowest BCUT2D eigenvalue weighted by Gasteiger charge is -2.17. The first-order chi connectivity index (χ1) is 6.32. The molecular formula is C12H16FN. The van der Waals surface area contributed by atoms with E-state index in [1.807, 2.05) is 13.0 Å². The molecule has 0 amide bonds. The fourth-order valence-electron chi connectivity index (χ4n) is 1.34. The summed E-state index contributed by atoms with van der Waals surface area (Å²) in [4.78, 5) is 0. The van der Waals surface area contributed by atoms with E-state index >= 15 is 0 Å². The number of hydrogen-bond acceptors (Lipinski definition) is 1. The zero-order chi connectivity index (χ0) is 10.9. The van der Waals surface area contributed by atoms with E-state index in [4.69, 9.17) is 5.73 Å². The fraction of sp³-hybridized carbons (Fsp3) is 0.333. The number of rotatable bonds is 2. The first-order valence-corrected chi connectivity index (χ1v) is 4.57. The summed E-state index contributed by atoms with van der Waals surface area (Å²) < 4.78 is 13.6. The molecule has 1 rings (SSSR count). The lowest BCUT2D eigenvalue weighted by molar-refractivity contribution is 0.221. The van der Waals surface area contributed by atoms with Gasteiger partial charge in [-0.25, -0.2) is 4.39 Å². The Hall–Kier alpha value is -1.31. The number of nitrogens with two attached hydrogens (primary N) is 1. The summed E-state index contributed by atoms with van der Waals surface area (Å²) in [6, 6.07) is 5.41. The Morgan fingerprint density at radius 2 is 2.00 bits per heavy atom. The van der Waals surface area contributed by atoms with E-state index in [1.54, 1.807) is 12.1 Å². The molecule has 76 valence electrons. The standard InChI is InChI=1S/C12H16FN/c1-8-5-6-10(12(3,4)13)7-11(8)9(2)14/h5-7H,2,14H2,1,3-4H3. The van der Waals surface area contributed by atoms with Crippen molar-refractivity contribution in [3.63, 3.8) is 0 Å². The highest BCUT2D eigenvalue weighted by Crippen LogP contribution is 2.27. The van der Waals surface area contributed by atoms with Crippen LogP contribution in [-0.2, 0) is 5.67 Å². The Kier molecular flexibility index (Phi) is 2.65. The van der Waals surface area contributed by atoms with Crippen molar-refractivity contribution in [2.45, 2.75) is 26.4 Å². The van der Waals surface area contributed by atoms with Crippen molar-refractivity contribution in [1.29, 1.82) is 0 Å². The molecule has 0 atom stereocenters. The molecule has 0 aromatic heterocycles. The fourth-order valence-corrected chi connectivity index (χ4v) is 1.34. The van der Waals surface area contributed by atoms with Gasteiger partial charge < -0.3 is 5.73 Å². The third kappa shape index (κ3) is 2.13. The summed E-state index contributed by atoms with van der Waals surface area (Å²) in [6.45, 7) is 8.65. The van der Waals surface area contributed by atoms with Gasteiger partial charge in [-0.15, -0.1) is 0 Å². The molecule has 0 saturated heterocycles. The molecule has 1 nitrogen and oxygen atoms in total. The Morgan fingerprint density at radius 1 is 1.43 bits per heavy atom. The Bertz CT molecular complexity index is 361. The van der Waals surface area contributed by atoms with E-state index < -0.39 is 5.67 Å². The van der Waals surface area contributed by atoms with Gasteiger partial charge in [-0.1, -0.05) is 18.7 Å². The minimum absolute atomic E-state index is 0.480. The van der Waals surface area contributed by atoms with Crippen LogP contribution in [0, 0.1) is 6.92 Å². The highest BCUT2D eigenvalue weighted by molar-refractivity contribution is 5.64. The van der Waals surface area contributed by atoms with E-state index in [0.29, 0.717) is 11.3 Å². The second-order valence-electron chi connectivity index (χ2n) is 4.03. The maximum absolute atomic E-state index is 13.6. The maximum Gasteiger partial charge on any atom is 0.130 e. The highest BCUT2D eigenvalue weighted by Gasteiger charge is 2.19. The summed E-state index contributed by atoms with van der Waals surface area (Å²) in [5.41, 5.74) is 7.23. The minimum Gasteiger partial charge on any atom is -0.399 e. The van der Waals surface area contributed by atoms with Gasteiger partial charge in [0.15, 0.2) is 0 Å². The van der Waals surface area contributed by atoms with Crippen LogP contribution in [0.4, 0.5) is 4.39 Å². The zero-order valence-corrected chi connectivity index (χ0v) is 8.89. The van der Waals surface area contributed by atoms with E-state index in [9.17, 15) is 4.39 Å². The molecule has 0 aliphatic rings. The Balaban J connectivity index is 3.27. The number of benzene rings is 1. The van der Waals surface area contributed by atoms with Crippen LogP contribution >= 0.6 is 0 Å². The molecule has 2 heteroatoms. The summed E-state index contributed by atoms with van der Waals surface area (Å²) >= 11 is 0. The van der Waals surface area contributed by atoms with Crippen LogP contribution < -0.4 is 5.73 Å². The first-order valence-electron chi connectivity index (χ1n) is 4.57. The quantitative estimate of drug-likeness (QED) is 0.767. The molecule has 0 spiro atoms. The van der Waals surface area contributed by atoms with Gasteiger partial charge in [-0.2, -0.15) is 0 Å². The molecular weight excluding hydrogens is 177 g/mol. The molecule has 0 radical (unpaired) electrons. The van der Waals surface area contributed by atoms with Crippen LogP contribution in [0.25, 0.3) is 5.70 Å². The van der Waals surface area contributed by atoms with Crippen molar-refractivity contribution < 1.29 is 4.39 Å². The van der Waals surface area contributed by atoms with Crippen molar-refractivity contribution >= 4 is 5.70 Å². The van der Waals surface area contributed by atoms with Crippen LogP contribution in [0.15, 0.2) is 24.8 Å². The van der Waals surface area contributed by atoms with Crippen molar-refractivity contribution in [1.82, 2.24) is 0 Å². The van der Waals surface area contributed by atoms with Gasteiger partial charge in [0.2, 0.25) is 0 Å². The largest absolute Gasteiger partial charge is 0.399 e. The van der Waals surface area contributed by atoms with Crippen LogP contribution in [0.3, 0.4) is 0 Å². The Labute approximate surface area is 84.4 Å². The van der Waals surface area contributed by atoms with Gasteiger partial charge in [0.25, 0.3) is 0 Å². The molecule has 0 saturated carbocycles. The van der Waals surface area contributed by atoms with Crippen LogP contribution in [0.5, 0.6) is 0 Å². The van der Waals surface area contributed by atoms with Gasteiger partial charge in [-0.3, -0.25) is 0 Å². The molecule has 1 aromatic carbocycles. The number of hydrogen-bond donors (Lipinski definition) is 1. The van der Waals surface area contributed by atoms with Gasteiger partial charge in [0.1, 0.15) is 5.67 Å². The number of aryl methyl sites for hydroxylation is 1. The van der Waals surface area contributed by atoms with Gasteiger partial charge >= 0.3 is 0 Å². The summed E-state index contributed by atoms with van der Waals surface area (Å²) in [5.74, 6) is 0. The highest BCUT2D eigenvalue weighted by atomic mass is 19.1. The number of alkyl halides is 1. The lowest BCUT2D eigenvalue weighted by atomic mass is 9.95.